The molecule has 1 atom stereocenters. The summed E-state index contributed by atoms with van der Waals surface area (Å²) in [6, 6.07) is 8.51. The summed E-state index contributed by atoms with van der Waals surface area (Å²) < 4.78 is 0. The Kier molecular flexibility index (Phi) is 5.75. The molecule has 2 N–H and O–H groups in total. The number of nitrogens with one attached hydrogen (secondary N) is 1. The molecule has 1 aromatic rings. The van der Waals surface area contributed by atoms with Gasteiger partial charge in [0.25, 0.3) is 0 Å². The highest BCUT2D eigenvalue weighted by molar-refractivity contribution is 5.74. The summed E-state index contributed by atoms with van der Waals surface area (Å²) in [4.78, 5) is 16.7. The number of nitrogens with zero attached hydrogens (tertiary/aromatic N) is 2. The first-order valence-electron chi connectivity index (χ1n) is 8.92. The number of hydrogen-bond donors (Lipinski definition) is 2. The second kappa shape index (κ2) is 8.20. The molecule has 1 unspecified atom stereocenters. The van der Waals surface area contributed by atoms with Crippen molar-refractivity contribution in [3.63, 3.8) is 0 Å². The summed E-state index contributed by atoms with van der Waals surface area (Å²) in [5.74, 6) is 0. The first kappa shape index (κ1) is 16.8. The third-order valence-electron chi connectivity index (χ3n) is 4.89. The SMILES string of the molecule is O=C(NCc1cccc(N2CC=CC2)c1)N1CCCCC1CCO. The van der Waals surface area contributed by atoms with Gasteiger partial charge in [-0.1, -0.05) is 24.3 Å². The van der Waals surface area contributed by atoms with Crippen molar-refractivity contribution in [2.45, 2.75) is 38.3 Å². The van der Waals surface area contributed by atoms with Gasteiger partial charge in [0.1, 0.15) is 0 Å². The highest BCUT2D eigenvalue weighted by Gasteiger charge is 2.25. The Morgan fingerprint density at radius 3 is 2.88 bits per heavy atom. The Labute approximate surface area is 143 Å². The Balaban J connectivity index is 1.56. The van der Waals surface area contributed by atoms with Crippen molar-refractivity contribution in [1.29, 1.82) is 0 Å². The summed E-state index contributed by atoms with van der Waals surface area (Å²) in [6.45, 7) is 3.37. The third-order valence-corrected chi connectivity index (χ3v) is 4.89. The molecule has 3 rings (SSSR count). The first-order chi connectivity index (χ1) is 11.8. The maximum Gasteiger partial charge on any atom is 0.317 e. The van der Waals surface area contributed by atoms with E-state index in [2.05, 4.69) is 40.6 Å². The van der Waals surface area contributed by atoms with Gasteiger partial charge in [-0.15, -0.1) is 0 Å². The number of aliphatic hydroxyl groups excluding tert-OH is 1. The number of urea groups is 1. The van der Waals surface area contributed by atoms with Crippen LogP contribution in [-0.2, 0) is 6.54 Å². The van der Waals surface area contributed by atoms with E-state index in [9.17, 15) is 9.90 Å². The average Bonchev–Trinajstić information content (AvgIpc) is 3.15. The van der Waals surface area contributed by atoms with E-state index in [1.54, 1.807) is 0 Å². The van der Waals surface area contributed by atoms with E-state index in [0.29, 0.717) is 13.0 Å². The summed E-state index contributed by atoms with van der Waals surface area (Å²) in [6.07, 6.45) is 8.20. The number of carbonyl (C=O) groups excluding carboxylic acids is 1. The Morgan fingerprint density at radius 1 is 1.25 bits per heavy atom. The molecule has 1 aromatic carbocycles. The molecule has 24 heavy (non-hydrogen) atoms. The van der Waals surface area contributed by atoms with E-state index in [1.165, 1.54) is 5.69 Å². The van der Waals surface area contributed by atoms with Crippen LogP contribution >= 0.6 is 0 Å². The van der Waals surface area contributed by atoms with E-state index in [4.69, 9.17) is 0 Å². The molecule has 0 bridgehead atoms. The van der Waals surface area contributed by atoms with Crippen molar-refractivity contribution in [3.8, 4) is 0 Å². The molecule has 1 fully saturated rings. The highest BCUT2D eigenvalue weighted by atomic mass is 16.3. The van der Waals surface area contributed by atoms with E-state index < -0.39 is 0 Å². The Morgan fingerprint density at radius 2 is 2.08 bits per heavy atom. The van der Waals surface area contributed by atoms with E-state index >= 15 is 0 Å². The number of likely N-dealkylation sites (tertiary alicyclic amines) is 1. The molecule has 0 aliphatic carbocycles. The van der Waals surface area contributed by atoms with Crippen LogP contribution < -0.4 is 10.2 Å². The lowest BCUT2D eigenvalue weighted by atomic mass is 10.0. The molecular weight excluding hydrogens is 302 g/mol. The standard InChI is InChI=1S/C19H27N3O2/c23-13-9-17-7-1-2-12-22(17)19(24)20-15-16-6-5-8-18(14-16)21-10-3-4-11-21/h3-6,8,14,17,23H,1-2,7,9-13,15H2,(H,20,24). The number of hydrogen-bond acceptors (Lipinski definition) is 3. The zero-order valence-corrected chi connectivity index (χ0v) is 14.2. The highest BCUT2D eigenvalue weighted by Crippen LogP contribution is 2.20. The van der Waals surface area contributed by atoms with Crippen LogP contribution in [0.1, 0.15) is 31.2 Å². The lowest BCUT2D eigenvalue weighted by molar-refractivity contribution is 0.131. The Bertz CT molecular complexity index is 578. The van der Waals surface area contributed by atoms with Crippen LogP contribution in [0.4, 0.5) is 10.5 Å². The molecule has 0 radical (unpaired) electrons. The minimum Gasteiger partial charge on any atom is -0.396 e. The molecule has 2 heterocycles. The van der Waals surface area contributed by atoms with Crippen LogP contribution in [0.5, 0.6) is 0 Å². The largest absolute Gasteiger partial charge is 0.396 e. The predicted molar refractivity (Wildman–Crippen MR) is 96.1 cm³/mol. The molecule has 1 saturated heterocycles. The van der Waals surface area contributed by atoms with Crippen molar-refractivity contribution in [2.24, 2.45) is 0 Å². The lowest BCUT2D eigenvalue weighted by Crippen LogP contribution is -2.48. The second-order valence-electron chi connectivity index (χ2n) is 6.56. The molecule has 2 aliphatic rings. The molecule has 2 aliphatic heterocycles. The second-order valence-corrected chi connectivity index (χ2v) is 6.56. The molecular formula is C19H27N3O2. The minimum absolute atomic E-state index is 0.0126. The molecule has 0 aromatic heterocycles. The number of amides is 2. The number of anilines is 1. The number of aliphatic hydroxyl groups is 1. The van der Waals surface area contributed by atoms with Crippen LogP contribution in [0, 0.1) is 0 Å². The topological polar surface area (TPSA) is 55.8 Å². The monoisotopic (exact) mass is 329 g/mol. The van der Waals surface area contributed by atoms with Gasteiger partial charge in [-0.25, -0.2) is 4.79 Å². The molecule has 5 nitrogen and oxygen atoms in total. The third kappa shape index (κ3) is 4.09. The summed E-state index contributed by atoms with van der Waals surface area (Å²) in [5, 5.41) is 12.2. The number of rotatable bonds is 5. The molecule has 0 saturated carbocycles. The van der Waals surface area contributed by atoms with Crippen LogP contribution in [0.2, 0.25) is 0 Å². The number of carbonyl (C=O) groups is 1. The zero-order valence-electron chi connectivity index (χ0n) is 14.2. The van der Waals surface area contributed by atoms with Gasteiger partial charge in [-0.2, -0.15) is 0 Å². The van der Waals surface area contributed by atoms with Crippen molar-refractivity contribution < 1.29 is 9.90 Å². The maximum atomic E-state index is 12.5. The minimum atomic E-state index is -0.0126. The molecule has 2 amide bonds. The molecule has 130 valence electrons. The van der Waals surface area contributed by atoms with Gasteiger partial charge in [0.15, 0.2) is 0 Å². The fourth-order valence-corrected chi connectivity index (χ4v) is 3.55. The zero-order chi connectivity index (χ0) is 16.8. The van der Waals surface area contributed by atoms with Gasteiger partial charge in [-0.05, 0) is 43.4 Å². The first-order valence-corrected chi connectivity index (χ1v) is 8.92. The van der Waals surface area contributed by atoms with Gasteiger partial charge in [-0.3, -0.25) is 0 Å². The summed E-state index contributed by atoms with van der Waals surface area (Å²) >= 11 is 0. The molecule has 5 heteroatoms. The van der Waals surface area contributed by atoms with Crippen LogP contribution in [-0.4, -0.2) is 48.3 Å². The smallest absolute Gasteiger partial charge is 0.317 e. The lowest BCUT2D eigenvalue weighted by Gasteiger charge is -2.35. The van der Waals surface area contributed by atoms with Gasteiger partial charge in [0.2, 0.25) is 0 Å². The Hall–Kier alpha value is -2.01. The maximum absolute atomic E-state index is 12.5. The average molecular weight is 329 g/mol. The van der Waals surface area contributed by atoms with Crippen LogP contribution in [0.25, 0.3) is 0 Å². The quantitative estimate of drug-likeness (QED) is 0.816. The summed E-state index contributed by atoms with van der Waals surface area (Å²) in [5.41, 5.74) is 2.31. The number of benzene rings is 1. The number of piperidine rings is 1. The van der Waals surface area contributed by atoms with Crippen molar-refractivity contribution in [3.05, 3.63) is 42.0 Å². The van der Waals surface area contributed by atoms with E-state index in [-0.39, 0.29) is 18.7 Å². The van der Waals surface area contributed by atoms with Gasteiger partial charge < -0.3 is 20.2 Å². The van der Waals surface area contributed by atoms with Crippen LogP contribution in [0.3, 0.4) is 0 Å². The van der Waals surface area contributed by atoms with E-state index in [0.717, 1.165) is 44.5 Å². The summed E-state index contributed by atoms with van der Waals surface area (Å²) in [7, 11) is 0. The van der Waals surface area contributed by atoms with Gasteiger partial charge in [0.05, 0.1) is 0 Å². The molecule has 0 spiro atoms. The van der Waals surface area contributed by atoms with Crippen LogP contribution in [0.15, 0.2) is 36.4 Å². The van der Waals surface area contributed by atoms with Crippen molar-refractivity contribution in [2.75, 3.05) is 31.1 Å². The fraction of sp³-hybridized carbons (Fsp3) is 0.526. The van der Waals surface area contributed by atoms with Gasteiger partial charge in [0, 0.05) is 44.5 Å². The van der Waals surface area contributed by atoms with E-state index in [1.807, 2.05) is 11.0 Å². The normalized spacial score (nSPS) is 20.5. The van der Waals surface area contributed by atoms with Crippen molar-refractivity contribution in [1.82, 2.24) is 10.2 Å². The van der Waals surface area contributed by atoms with Crippen molar-refractivity contribution >= 4 is 11.7 Å². The predicted octanol–water partition coefficient (Wildman–Crippen LogP) is 2.51. The fourth-order valence-electron chi connectivity index (χ4n) is 3.55. The van der Waals surface area contributed by atoms with Gasteiger partial charge >= 0.3 is 6.03 Å².